The Balaban J connectivity index is 1.51. The highest BCUT2D eigenvalue weighted by Crippen LogP contribution is 2.33. The van der Waals surface area contributed by atoms with Crippen molar-refractivity contribution < 1.29 is 4.52 Å². The zero-order valence-electron chi connectivity index (χ0n) is 9.06. The average molecular weight is 206 g/mol. The van der Waals surface area contributed by atoms with Crippen LogP contribution >= 0.6 is 0 Å². The first-order chi connectivity index (χ1) is 7.42. The largest absolute Gasteiger partial charge is 0.361 e. The second-order valence-corrected chi connectivity index (χ2v) is 4.93. The molecule has 0 N–H and O–H groups in total. The van der Waals surface area contributed by atoms with Crippen molar-refractivity contribution in [2.24, 2.45) is 5.92 Å². The van der Waals surface area contributed by atoms with Crippen LogP contribution in [0.4, 0.5) is 0 Å². The number of nitrogens with zero attached hydrogens (tertiary/aromatic N) is 2. The van der Waals surface area contributed by atoms with Gasteiger partial charge >= 0.3 is 0 Å². The lowest BCUT2D eigenvalue weighted by Gasteiger charge is -2.30. The molecule has 1 aromatic rings. The van der Waals surface area contributed by atoms with Crippen LogP contribution in [0.25, 0.3) is 0 Å². The highest BCUT2D eigenvalue weighted by atomic mass is 16.5. The fraction of sp³-hybridized carbons (Fsp3) is 0.750. The van der Waals surface area contributed by atoms with E-state index in [0.717, 1.165) is 11.7 Å². The number of aromatic nitrogens is 1. The van der Waals surface area contributed by atoms with Crippen LogP contribution in [-0.4, -0.2) is 29.7 Å². The minimum Gasteiger partial charge on any atom is -0.361 e. The van der Waals surface area contributed by atoms with Gasteiger partial charge in [-0.25, -0.2) is 0 Å². The molecule has 0 amide bonds. The highest BCUT2D eigenvalue weighted by molar-refractivity contribution is 5.03. The maximum atomic E-state index is 5.23. The van der Waals surface area contributed by atoms with Crippen LogP contribution in [0, 0.1) is 5.92 Å². The van der Waals surface area contributed by atoms with Gasteiger partial charge in [-0.2, -0.15) is 0 Å². The van der Waals surface area contributed by atoms with Gasteiger partial charge in [0.15, 0.2) is 0 Å². The van der Waals surface area contributed by atoms with E-state index in [0.29, 0.717) is 5.92 Å². The molecule has 1 aromatic heterocycles. The van der Waals surface area contributed by atoms with Crippen molar-refractivity contribution in [2.75, 3.05) is 19.6 Å². The van der Waals surface area contributed by atoms with Gasteiger partial charge in [0.25, 0.3) is 0 Å². The van der Waals surface area contributed by atoms with Crippen LogP contribution in [0.5, 0.6) is 0 Å². The summed E-state index contributed by atoms with van der Waals surface area (Å²) < 4.78 is 5.23. The molecule has 2 fully saturated rings. The lowest BCUT2D eigenvalue weighted by molar-refractivity contribution is 0.190. The SMILES string of the molecule is c1cc(C2CCN(CC3CC3)CC2)on1. The molecule has 15 heavy (non-hydrogen) atoms. The van der Waals surface area contributed by atoms with E-state index in [1.165, 1.54) is 45.3 Å². The molecular formula is C12H18N2O. The van der Waals surface area contributed by atoms with E-state index in [4.69, 9.17) is 4.52 Å². The maximum absolute atomic E-state index is 5.23. The lowest BCUT2D eigenvalue weighted by Crippen LogP contribution is -2.34. The number of hydrogen-bond donors (Lipinski definition) is 0. The Morgan fingerprint density at radius 3 is 2.67 bits per heavy atom. The fourth-order valence-electron chi connectivity index (χ4n) is 2.50. The Bertz CT molecular complexity index is 297. The van der Waals surface area contributed by atoms with Gasteiger partial charge in [-0.3, -0.25) is 0 Å². The van der Waals surface area contributed by atoms with Crippen LogP contribution in [-0.2, 0) is 0 Å². The van der Waals surface area contributed by atoms with Gasteiger partial charge in [0.2, 0.25) is 0 Å². The minimum atomic E-state index is 0.614. The number of rotatable bonds is 3. The second-order valence-electron chi connectivity index (χ2n) is 4.93. The van der Waals surface area contributed by atoms with Crippen molar-refractivity contribution in [2.45, 2.75) is 31.6 Å². The zero-order valence-corrected chi connectivity index (χ0v) is 9.06. The third-order valence-corrected chi connectivity index (χ3v) is 3.66. The summed E-state index contributed by atoms with van der Waals surface area (Å²) in [6.07, 6.45) is 7.15. The zero-order chi connectivity index (χ0) is 10.1. The molecule has 0 atom stereocenters. The minimum absolute atomic E-state index is 0.614. The van der Waals surface area contributed by atoms with E-state index < -0.39 is 0 Å². The molecular weight excluding hydrogens is 188 g/mol. The van der Waals surface area contributed by atoms with E-state index in [1.54, 1.807) is 6.20 Å². The number of hydrogen-bond acceptors (Lipinski definition) is 3. The van der Waals surface area contributed by atoms with Crippen LogP contribution in [0.15, 0.2) is 16.8 Å². The first-order valence-electron chi connectivity index (χ1n) is 6.05. The molecule has 1 saturated carbocycles. The molecule has 0 unspecified atom stereocenters. The Kier molecular flexibility index (Phi) is 2.49. The second kappa shape index (κ2) is 3.97. The van der Waals surface area contributed by atoms with Gasteiger partial charge in [0.1, 0.15) is 5.76 Å². The van der Waals surface area contributed by atoms with Crippen molar-refractivity contribution in [3.05, 3.63) is 18.0 Å². The van der Waals surface area contributed by atoms with E-state index >= 15 is 0 Å². The molecule has 0 aromatic carbocycles. The predicted octanol–water partition coefficient (Wildman–Crippen LogP) is 2.26. The number of piperidine rings is 1. The quantitative estimate of drug-likeness (QED) is 0.759. The lowest BCUT2D eigenvalue weighted by atomic mass is 9.94. The smallest absolute Gasteiger partial charge is 0.139 e. The molecule has 0 bridgehead atoms. The molecule has 0 radical (unpaired) electrons. The predicted molar refractivity (Wildman–Crippen MR) is 57.6 cm³/mol. The summed E-state index contributed by atoms with van der Waals surface area (Å²) in [7, 11) is 0. The van der Waals surface area contributed by atoms with Crippen molar-refractivity contribution in [3.63, 3.8) is 0 Å². The summed E-state index contributed by atoms with van der Waals surface area (Å²) in [4.78, 5) is 2.62. The monoisotopic (exact) mass is 206 g/mol. The van der Waals surface area contributed by atoms with Crippen molar-refractivity contribution in [3.8, 4) is 0 Å². The van der Waals surface area contributed by atoms with Gasteiger partial charge < -0.3 is 9.42 Å². The summed E-state index contributed by atoms with van der Waals surface area (Å²) >= 11 is 0. The Morgan fingerprint density at radius 2 is 2.07 bits per heavy atom. The Labute approximate surface area is 90.4 Å². The van der Waals surface area contributed by atoms with Crippen molar-refractivity contribution in [1.82, 2.24) is 10.1 Å². The van der Waals surface area contributed by atoms with Gasteiger partial charge in [-0.05, 0) is 44.7 Å². The third-order valence-electron chi connectivity index (χ3n) is 3.66. The van der Waals surface area contributed by atoms with Crippen LogP contribution < -0.4 is 0 Å². The average Bonchev–Trinajstić information content (AvgIpc) is 2.92. The van der Waals surface area contributed by atoms with Gasteiger partial charge in [-0.1, -0.05) is 5.16 Å². The first kappa shape index (κ1) is 9.40. The van der Waals surface area contributed by atoms with Gasteiger partial charge in [0, 0.05) is 18.5 Å². The van der Waals surface area contributed by atoms with E-state index in [1.807, 2.05) is 6.07 Å². The number of likely N-dealkylation sites (tertiary alicyclic amines) is 1. The van der Waals surface area contributed by atoms with E-state index in [2.05, 4.69) is 10.1 Å². The molecule has 1 aliphatic heterocycles. The molecule has 82 valence electrons. The highest BCUT2D eigenvalue weighted by Gasteiger charge is 2.28. The van der Waals surface area contributed by atoms with Crippen LogP contribution in [0.2, 0.25) is 0 Å². The molecule has 2 aliphatic rings. The van der Waals surface area contributed by atoms with Crippen LogP contribution in [0.3, 0.4) is 0 Å². The first-order valence-corrected chi connectivity index (χ1v) is 6.05. The summed E-state index contributed by atoms with van der Waals surface area (Å²) in [5.74, 6) is 2.72. The van der Waals surface area contributed by atoms with Gasteiger partial charge in [0.05, 0.1) is 6.20 Å². The molecule has 3 nitrogen and oxygen atoms in total. The normalized spacial score (nSPS) is 24.5. The van der Waals surface area contributed by atoms with E-state index in [-0.39, 0.29) is 0 Å². The summed E-state index contributed by atoms with van der Waals surface area (Å²) in [6.45, 7) is 3.81. The molecule has 3 heteroatoms. The topological polar surface area (TPSA) is 29.3 Å². The van der Waals surface area contributed by atoms with Gasteiger partial charge in [-0.15, -0.1) is 0 Å². The molecule has 3 rings (SSSR count). The van der Waals surface area contributed by atoms with E-state index in [9.17, 15) is 0 Å². The molecule has 0 spiro atoms. The van der Waals surface area contributed by atoms with Crippen molar-refractivity contribution in [1.29, 1.82) is 0 Å². The molecule has 1 aliphatic carbocycles. The molecule has 2 heterocycles. The summed E-state index contributed by atoms with van der Waals surface area (Å²) in [5.41, 5.74) is 0. The Hall–Kier alpha value is -0.830. The third kappa shape index (κ3) is 2.23. The summed E-state index contributed by atoms with van der Waals surface area (Å²) in [6, 6.07) is 2.02. The maximum Gasteiger partial charge on any atom is 0.139 e. The Morgan fingerprint density at radius 1 is 1.27 bits per heavy atom. The fourth-order valence-corrected chi connectivity index (χ4v) is 2.50. The summed E-state index contributed by atoms with van der Waals surface area (Å²) in [5, 5.41) is 3.79. The van der Waals surface area contributed by atoms with Crippen LogP contribution in [0.1, 0.15) is 37.4 Å². The standard InChI is InChI=1S/C12H18N2O/c1-2-10(1)9-14-7-4-11(5-8-14)12-3-6-13-15-12/h3,6,10-11H,1-2,4-5,7-9H2. The molecule has 1 saturated heterocycles. The van der Waals surface area contributed by atoms with Crippen molar-refractivity contribution >= 4 is 0 Å².